The Balaban J connectivity index is 0.00000341. The lowest BCUT2D eigenvalue weighted by Crippen LogP contribution is -2.39. The van der Waals surface area contributed by atoms with Crippen LogP contribution in [-0.2, 0) is 11.3 Å². The van der Waals surface area contributed by atoms with Crippen molar-refractivity contribution >= 4 is 41.5 Å². The molecule has 0 aliphatic carbocycles. The highest BCUT2D eigenvalue weighted by molar-refractivity contribution is 14.0. The summed E-state index contributed by atoms with van der Waals surface area (Å²) in [6, 6.07) is 9.77. The molecule has 1 fully saturated rings. The second kappa shape index (κ2) is 13.6. The SMILES string of the molecule is CN=C(NCCOc1ncccc1Cl)NCc1ccc(C)cc1OCC1CCOC1.I. The number of aliphatic imine (C=N–C) groups is 1. The predicted octanol–water partition coefficient (Wildman–Crippen LogP) is 3.82. The van der Waals surface area contributed by atoms with Crippen molar-refractivity contribution in [3.05, 3.63) is 52.7 Å². The van der Waals surface area contributed by atoms with Gasteiger partial charge in [-0.25, -0.2) is 4.98 Å². The highest BCUT2D eigenvalue weighted by atomic mass is 127. The van der Waals surface area contributed by atoms with Crippen LogP contribution in [-0.4, -0.2) is 51.0 Å². The van der Waals surface area contributed by atoms with Gasteiger partial charge in [-0.2, -0.15) is 0 Å². The predicted molar refractivity (Wildman–Crippen MR) is 134 cm³/mol. The molecule has 1 aromatic heterocycles. The van der Waals surface area contributed by atoms with Crippen LogP contribution in [0, 0.1) is 12.8 Å². The van der Waals surface area contributed by atoms with Gasteiger partial charge in [0.2, 0.25) is 5.88 Å². The summed E-state index contributed by atoms with van der Waals surface area (Å²) in [5.41, 5.74) is 2.25. The van der Waals surface area contributed by atoms with Gasteiger partial charge < -0.3 is 24.8 Å². The molecule has 0 amide bonds. The molecular formula is C22H30ClIN4O3. The van der Waals surface area contributed by atoms with E-state index in [9.17, 15) is 0 Å². The van der Waals surface area contributed by atoms with Crippen molar-refractivity contribution in [3.8, 4) is 11.6 Å². The minimum absolute atomic E-state index is 0. The van der Waals surface area contributed by atoms with E-state index >= 15 is 0 Å². The van der Waals surface area contributed by atoms with Gasteiger partial charge in [0.15, 0.2) is 5.96 Å². The maximum Gasteiger partial charge on any atom is 0.232 e. The van der Waals surface area contributed by atoms with Gasteiger partial charge in [-0.3, -0.25) is 4.99 Å². The fourth-order valence-electron chi connectivity index (χ4n) is 3.06. The molecule has 0 spiro atoms. The van der Waals surface area contributed by atoms with E-state index in [1.807, 2.05) is 0 Å². The molecule has 1 atom stereocenters. The molecule has 7 nitrogen and oxygen atoms in total. The van der Waals surface area contributed by atoms with Crippen LogP contribution >= 0.6 is 35.6 Å². The average molecular weight is 561 g/mol. The minimum Gasteiger partial charge on any atom is -0.493 e. The number of aryl methyl sites for hydroxylation is 1. The van der Waals surface area contributed by atoms with E-state index < -0.39 is 0 Å². The van der Waals surface area contributed by atoms with Crippen molar-refractivity contribution in [2.24, 2.45) is 10.9 Å². The van der Waals surface area contributed by atoms with Crippen LogP contribution < -0.4 is 20.1 Å². The summed E-state index contributed by atoms with van der Waals surface area (Å²) < 4.78 is 17.1. The van der Waals surface area contributed by atoms with Crippen LogP contribution in [0.25, 0.3) is 0 Å². The summed E-state index contributed by atoms with van der Waals surface area (Å²) in [6.07, 6.45) is 2.71. The number of hydrogen-bond donors (Lipinski definition) is 2. The lowest BCUT2D eigenvalue weighted by atomic mass is 10.1. The topological polar surface area (TPSA) is 77.0 Å². The smallest absolute Gasteiger partial charge is 0.232 e. The number of guanidine groups is 1. The van der Waals surface area contributed by atoms with E-state index in [0.717, 1.165) is 30.9 Å². The molecule has 0 saturated carbocycles. The van der Waals surface area contributed by atoms with Gasteiger partial charge in [-0.05, 0) is 37.1 Å². The molecule has 0 bridgehead atoms. The molecule has 1 unspecified atom stereocenters. The van der Waals surface area contributed by atoms with Crippen LogP contribution in [0.15, 0.2) is 41.5 Å². The second-order valence-electron chi connectivity index (χ2n) is 7.14. The van der Waals surface area contributed by atoms with Crippen molar-refractivity contribution in [3.63, 3.8) is 0 Å². The standard InChI is InChI=1S/C22H29ClN4O3.HI/c1-16-5-6-18(20(12-16)30-15-17-7-10-28-14-17)13-27-22(24-2)26-9-11-29-21-19(23)4-3-8-25-21;/h3-6,8,12,17H,7,9-11,13-15H2,1-2H3,(H2,24,26,27);1H. The summed E-state index contributed by atoms with van der Waals surface area (Å²) >= 11 is 6.04. The van der Waals surface area contributed by atoms with Crippen molar-refractivity contribution in [1.82, 2.24) is 15.6 Å². The third kappa shape index (κ3) is 8.34. The summed E-state index contributed by atoms with van der Waals surface area (Å²) in [6.45, 7) is 5.93. The van der Waals surface area contributed by atoms with Crippen LogP contribution in [0.4, 0.5) is 0 Å². The average Bonchev–Trinajstić information content (AvgIpc) is 3.27. The van der Waals surface area contributed by atoms with E-state index in [2.05, 4.69) is 45.7 Å². The number of hydrogen-bond acceptors (Lipinski definition) is 5. The summed E-state index contributed by atoms with van der Waals surface area (Å²) in [4.78, 5) is 8.37. The molecule has 1 aliphatic heterocycles. The molecule has 31 heavy (non-hydrogen) atoms. The zero-order valence-corrected chi connectivity index (χ0v) is 21.0. The van der Waals surface area contributed by atoms with Crippen molar-refractivity contribution in [2.45, 2.75) is 19.9 Å². The van der Waals surface area contributed by atoms with Gasteiger partial charge >= 0.3 is 0 Å². The van der Waals surface area contributed by atoms with Gasteiger partial charge in [-0.1, -0.05) is 23.7 Å². The summed E-state index contributed by atoms with van der Waals surface area (Å²) in [5.74, 6) is 2.48. The fourth-order valence-corrected chi connectivity index (χ4v) is 3.23. The third-order valence-electron chi connectivity index (χ3n) is 4.75. The van der Waals surface area contributed by atoms with Crippen LogP contribution in [0.5, 0.6) is 11.6 Å². The molecule has 9 heteroatoms. The number of nitrogens with one attached hydrogen (secondary N) is 2. The number of ether oxygens (including phenoxy) is 3. The minimum atomic E-state index is 0. The second-order valence-corrected chi connectivity index (χ2v) is 7.55. The van der Waals surface area contributed by atoms with Gasteiger partial charge in [0.25, 0.3) is 0 Å². The van der Waals surface area contributed by atoms with Crippen molar-refractivity contribution < 1.29 is 14.2 Å². The highest BCUT2D eigenvalue weighted by Crippen LogP contribution is 2.23. The summed E-state index contributed by atoms with van der Waals surface area (Å²) in [5, 5.41) is 7.04. The Morgan fingerprint density at radius 3 is 2.90 bits per heavy atom. The maximum absolute atomic E-state index is 6.11. The molecule has 0 radical (unpaired) electrons. The quantitative estimate of drug-likeness (QED) is 0.210. The van der Waals surface area contributed by atoms with Gasteiger partial charge in [0, 0.05) is 37.9 Å². The molecule has 2 heterocycles. The molecule has 3 rings (SSSR count). The van der Waals surface area contributed by atoms with E-state index in [1.54, 1.807) is 25.4 Å². The lowest BCUT2D eigenvalue weighted by molar-refractivity contribution is 0.166. The van der Waals surface area contributed by atoms with Crippen LogP contribution in [0.3, 0.4) is 0 Å². The highest BCUT2D eigenvalue weighted by Gasteiger charge is 2.17. The number of pyridine rings is 1. The van der Waals surface area contributed by atoms with Crippen LogP contribution in [0.2, 0.25) is 5.02 Å². The lowest BCUT2D eigenvalue weighted by Gasteiger charge is -2.17. The first-order valence-corrected chi connectivity index (χ1v) is 10.5. The fraction of sp³-hybridized carbons (Fsp3) is 0.455. The first-order chi connectivity index (χ1) is 14.7. The number of aromatic nitrogens is 1. The number of halogens is 2. The molecule has 170 valence electrons. The van der Waals surface area contributed by atoms with E-state index in [0.29, 0.717) is 49.1 Å². The Bertz CT molecular complexity index is 847. The van der Waals surface area contributed by atoms with Crippen molar-refractivity contribution in [2.75, 3.05) is 40.0 Å². The normalized spacial score (nSPS) is 15.8. The molecule has 2 aromatic rings. The Hall–Kier alpha value is -1.78. The first kappa shape index (κ1) is 25.5. The first-order valence-electron chi connectivity index (χ1n) is 10.1. The van der Waals surface area contributed by atoms with Gasteiger partial charge in [0.1, 0.15) is 17.4 Å². The van der Waals surface area contributed by atoms with E-state index in [1.165, 1.54) is 5.56 Å². The van der Waals surface area contributed by atoms with Gasteiger partial charge in [0.05, 0.1) is 19.8 Å². The number of benzene rings is 1. The largest absolute Gasteiger partial charge is 0.493 e. The monoisotopic (exact) mass is 560 g/mol. The maximum atomic E-state index is 6.11. The van der Waals surface area contributed by atoms with Crippen LogP contribution in [0.1, 0.15) is 17.5 Å². The van der Waals surface area contributed by atoms with Crippen molar-refractivity contribution in [1.29, 1.82) is 0 Å². The molecule has 2 N–H and O–H groups in total. The Kier molecular flexibility index (Phi) is 11.2. The van der Waals surface area contributed by atoms with Gasteiger partial charge in [-0.15, -0.1) is 24.0 Å². The molecule has 1 aliphatic rings. The van der Waals surface area contributed by atoms with E-state index in [-0.39, 0.29) is 24.0 Å². The summed E-state index contributed by atoms with van der Waals surface area (Å²) in [7, 11) is 1.73. The number of rotatable bonds is 9. The molecule has 1 aromatic carbocycles. The van der Waals surface area contributed by atoms with E-state index in [4.69, 9.17) is 25.8 Å². The third-order valence-corrected chi connectivity index (χ3v) is 5.04. The molecule has 1 saturated heterocycles. The zero-order valence-electron chi connectivity index (χ0n) is 17.9. The Morgan fingerprint density at radius 1 is 1.29 bits per heavy atom. The Labute approximate surface area is 205 Å². The number of nitrogens with zero attached hydrogens (tertiary/aromatic N) is 2. The zero-order chi connectivity index (χ0) is 21.2. The molecular weight excluding hydrogens is 531 g/mol. The Morgan fingerprint density at radius 2 is 2.16 bits per heavy atom.